The molecule has 150 valence electrons. The minimum absolute atomic E-state index is 0.0875. The van der Waals surface area contributed by atoms with E-state index >= 15 is 0 Å². The van der Waals surface area contributed by atoms with E-state index in [0.717, 1.165) is 11.3 Å². The van der Waals surface area contributed by atoms with E-state index in [-0.39, 0.29) is 29.3 Å². The number of nitro groups is 1. The second-order valence-corrected chi connectivity index (χ2v) is 6.70. The number of carbonyl (C=O) groups excluding carboxylic acids is 2. The number of rotatable bonds is 7. The molecule has 3 aromatic rings. The number of nitro benzene ring substituents is 1. The number of amides is 1. The smallest absolute Gasteiger partial charge is 0.341 e. The van der Waals surface area contributed by atoms with Crippen molar-refractivity contribution in [2.45, 2.75) is 13.3 Å². The Hall–Kier alpha value is -3.67. The number of aryl methyl sites for hydroxylation is 1. The highest BCUT2D eigenvalue weighted by atomic mass is 32.1. The molecule has 1 aromatic carbocycles. The van der Waals surface area contributed by atoms with E-state index in [0.29, 0.717) is 17.0 Å². The van der Waals surface area contributed by atoms with Crippen molar-refractivity contribution in [2.24, 2.45) is 7.05 Å². The zero-order chi connectivity index (χ0) is 21.0. The fourth-order valence-electron chi connectivity index (χ4n) is 2.57. The highest BCUT2D eigenvalue weighted by Crippen LogP contribution is 2.37. The van der Waals surface area contributed by atoms with Gasteiger partial charge in [-0.25, -0.2) is 9.48 Å². The number of carbonyl (C=O) groups is 2. The molecule has 29 heavy (non-hydrogen) atoms. The van der Waals surface area contributed by atoms with Crippen molar-refractivity contribution < 1.29 is 19.2 Å². The Morgan fingerprint density at radius 3 is 2.83 bits per heavy atom. The highest BCUT2D eigenvalue weighted by Gasteiger charge is 2.24. The van der Waals surface area contributed by atoms with Crippen LogP contribution in [0.5, 0.6) is 0 Å². The molecule has 0 unspecified atom stereocenters. The summed E-state index contributed by atoms with van der Waals surface area (Å²) < 4.78 is 6.49. The maximum Gasteiger partial charge on any atom is 0.341 e. The standard InChI is InChI=1S/C17H16N6O5S/c1-3-28-17(25)15-12(10-5-4-6-11(7-10)23(26)27)9-29-16(15)18-14(24)8-13-19-20-21-22(13)2/h4-7,9H,3,8H2,1-2H3,(H,18,24). The zero-order valence-corrected chi connectivity index (χ0v) is 16.3. The van der Waals surface area contributed by atoms with Crippen LogP contribution in [0.3, 0.4) is 0 Å². The molecule has 2 aromatic heterocycles. The van der Waals surface area contributed by atoms with Crippen molar-refractivity contribution in [3.63, 3.8) is 0 Å². The summed E-state index contributed by atoms with van der Waals surface area (Å²) in [6, 6.07) is 5.90. The first-order chi connectivity index (χ1) is 13.9. The third kappa shape index (κ3) is 4.43. The summed E-state index contributed by atoms with van der Waals surface area (Å²) in [5, 5.41) is 26.6. The van der Waals surface area contributed by atoms with Gasteiger partial charge in [0.15, 0.2) is 5.82 Å². The van der Waals surface area contributed by atoms with E-state index in [9.17, 15) is 19.7 Å². The first kappa shape index (κ1) is 20.1. The normalized spacial score (nSPS) is 10.6. The number of non-ortho nitro benzene ring substituents is 1. The maximum absolute atomic E-state index is 12.6. The first-order valence-corrected chi connectivity index (χ1v) is 9.33. The average Bonchev–Trinajstić information content (AvgIpc) is 3.28. The second-order valence-electron chi connectivity index (χ2n) is 5.83. The number of ether oxygens (including phenoxy) is 1. The van der Waals surface area contributed by atoms with Gasteiger partial charge < -0.3 is 10.1 Å². The molecule has 1 N–H and O–H groups in total. The van der Waals surface area contributed by atoms with Gasteiger partial charge in [-0.05, 0) is 22.9 Å². The Morgan fingerprint density at radius 1 is 1.38 bits per heavy atom. The van der Waals surface area contributed by atoms with Crippen molar-refractivity contribution in [3.05, 3.63) is 51.1 Å². The van der Waals surface area contributed by atoms with E-state index in [1.807, 2.05) is 0 Å². The topological polar surface area (TPSA) is 142 Å². The van der Waals surface area contributed by atoms with Gasteiger partial charge in [0.25, 0.3) is 5.69 Å². The maximum atomic E-state index is 12.6. The number of hydrogen-bond acceptors (Lipinski definition) is 9. The Labute approximate surface area is 168 Å². The molecule has 0 atom stereocenters. The predicted octanol–water partition coefficient (Wildman–Crippen LogP) is 2.20. The van der Waals surface area contributed by atoms with E-state index in [2.05, 4.69) is 20.8 Å². The number of nitrogens with zero attached hydrogens (tertiary/aromatic N) is 5. The summed E-state index contributed by atoms with van der Waals surface area (Å²) >= 11 is 1.12. The third-order valence-corrected chi connectivity index (χ3v) is 4.81. The Bertz CT molecular complexity index is 1080. The molecule has 0 aliphatic heterocycles. The van der Waals surface area contributed by atoms with Crippen LogP contribution in [0.15, 0.2) is 29.6 Å². The lowest BCUT2D eigenvalue weighted by Gasteiger charge is -2.08. The number of esters is 1. The second kappa shape index (κ2) is 8.56. The monoisotopic (exact) mass is 416 g/mol. The summed E-state index contributed by atoms with van der Waals surface area (Å²) in [5.74, 6) is -0.692. The Kier molecular flexibility index (Phi) is 5.93. The molecule has 12 heteroatoms. The molecule has 1 amide bonds. The van der Waals surface area contributed by atoms with Crippen LogP contribution in [0.4, 0.5) is 10.7 Å². The Morgan fingerprint density at radius 2 is 2.17 bits per heavy atom. The summed E-state index contributed by atoms with van der Waals surface area (Å²) in [6.45, 7) is 1.80. The van der Waals surface area contributed by atoms with E-state index < -0.39 is 16.8 Å². The predicted molar refractivity (Wildman–Crippen MR) is 103 cm³/mol. The fraction of sp³-hybridized carbons (Fsp3) is 0.235. The van der Waals surface area contributed by atoms with Gasteiger partial charge in [0, 0.05) is 30.1 Å². The van der Waals surface area contributed by atoms with Crippen LogP contribution in [0, 0.1) is 10.1 Å². The molecule has 11 nitrogen and oxygen atoms in total. The number of anilines is 1. The quantitative estimate of drug-likeness (QED) is 0.351. The molecule has 0 bridgehead atoms. The Balaban J connectivity index is 1.95. The minimum atomic E-state index is -0.633. The summed E-state index contributed by atoms with van der Waals surface area (Å²) in [5.41, 5.74) is 0.940. The van der Waals surface area contributed by atoms with Crippen molar-refractivity contribution in [2.75, 3.05) is 11.9 Å². The van der Waals surface area contributed by atoms with Crippen molar-refractivity contribution >= 4 is 33.9 Å². The number of benzene rings is 1. The van der Waals surface area contributed by atoms with Gasteiger partial charge in [-0.3, -0.25) is 14.9 Å². The van der Waals surface area contributed by atoms with E-state index in [4.69, 9.17) is 4.74 Å². The van der Waals surface area contributed by atoms with Crippen molar-refractivity contribution in [1.29, 1.82) is 0 Å². The molecular formula is C17H16N6O5S. The van der Waals surface area contributed by atoms with Crippen LogP contribution in [-0.4, -0.2) is 43.6 Å². The number of thiophene rings is 1. The number of aromatic nitrogens is 4. The van der Waals surface area contributed by atoms with Crippen LogP contribution in [0.25, 0.3) is 11.1 Å². The lowest BCUT2D eigenvalue weighted by atomic mass is 10.0. The first-order valence-electron chi connectivity index (χ1n) is 8.45. The van der Waals surface area contributed by atoms with Crippen molar-refractivity contribution in [3.8, 4) is 11.1 Å². The molecule has 3 rings (SSSR count). The van der Waals surface area contributed by atoms with Crippen LogP contribution < -0.4 is 5.32 Å². The zero-order valence-electron chi connectivity index (χ0n) is 15.5. The summed E-state index contributed by atoms with van der Waals surface area (Å²) in [6.07, 6.45) is -0.0875. The molecule has 0 aliphatic carbocycles. The molecule has 2 heterocycles. The number of nitrogens with one attached hydrogen (secondary N) is 1. The van der Waals surface area contributed by atoms with E-state index in [1.165, 1.54) is 22.9 Å². The molecule has 0 saturated heterocycles. The van der Waals surface area contributed by atoms with Gasteiger partial charge in [-0.15, -0.1) is 16.4 Å². The summed E-state index contributed by atoms with van der Waals surface area (Å²) in [7, 11) is 1.61. The van der Waals surface area contributed by atoms with Gasteiger partial charge in [0.2, 0.25) is 5.91 Å². The van der Waals surface area contributed by atoms with Gasteiger partial charge in [-0.2, -0.15) is 0 Å². The number of hydrogen-bond donors (Lipinski definition) is 1. The van der Waals surface area contributed by atoms with Crippen LogP contribution in [-0.2, 0) is 23.0 Å². The van der Waals surface area contributed by atoms with Crippen molar-refractivity contribution in [1.82, 2.24) is 20.2 Å². The average molecular weight is 416 g/mol. The van der Waals surface area contributed by atoms with Gasteiger partial charge in [0.1, 0.15) is 10.6 Å². The van der Waals surface area contributed by atoms with Crippen LogP contribution in [0.1, 0.15) is 23.1 Å². The highest BCUT2D eigenvalue weighted by molar-refractivity contribution is 7.15. The molecule has 0 saturated carbocycles. The van der Waals surface area contributed by atoms with Gasteiger partial charge >= 0.3 is 5.97 Å². The summed E-state index contributed by atoms with van der Waals surface area (Å²) in [4.78, 5) is 35.5. The minimum Gasteiger partial charge on any atom is -0.462 e. The molecule has 0 aliphatic rings. The third-order valence-electron chi connectivity index (χ3n) is 3.92. The molecule has 0 radical (unpaired) electrons. The lowest BCUT2D eigenvalue weighted by Crippen LogP contribution is -2.18. The molecular weight excluding hydrogens is 400 g/mol. The number of tetrazole rings is 1. The molecule has 0 fully saturated rings. The SMILES string of the molecule is CCOC(=O)c1c(-c2cccc([N+](=O)[O-])c2)csc1NC(=O)Cc1nnnn1C. The fourth-order valence-corrected chi connectivity index (χ4v) is 3.54. The van der Waals surface area contributed by atoms with Gasteiger partial charge in [-0.1, -0.05) is 12.1 Å². The van der Waals surface area contributed by atoms with Gasteiger partial charge in [0.05, 0.1) is 18.0 Å². The van der Waals surface area contributed by atoms with E-state index in [1.54, 1.807) is 25.4 Å². The van der Waals surface area contributed by atoms with Crippen LogP contribution >= 0.6 is 11.3 Å². The van der Waals surface area contributed by atoms with Crippen LogP contribution in [0.2, 0.25) is 0 Å². The molecule has 0 spiro atoms. The lowest BCUT2D eigenvalue weighted by molar-refractivity contribution is -0.384. The largest absolute Gasteiger partial charge is 0.462 e.